The third kappa shape index (κ3) is 2.62. The second-order valence-electron chi connectivity index (χ2n) is 3.32. The predicted octanol–water partition coefficient (Wildman–Crippen LogP) is 2.41. The van der Waals surface area contributed by atoms with E-state index in [2.05, 4.69) is 0 Å². The molecule has 0 aliphatic rings. The fourth-order valence-electron chi connectivity index (χ4n) is 1.33. The summed E-state index contributed by atoms with van der Waals surface area (Å²) in [4.78, 5) is 0. The standard InChI is InChI=1S/C12H8FO.Li/c13-10-5-4-8-12(9-10)14-11-6-2-1-3-7-11;/h1-6,8-9H;. The average molecular weight is 194 g/mol. The summed E-state index contributed by atoms with van der Waals surface area (Å²) in [5.74, 6) is 0.980. The average Bonchev–Trinajstić information content (AvgIpc) is 2.22. The molecule has 0 radical (unpaired) electrons. The van der Waals surface area contributed by atoms with Gasteiger partial charge in [0.15, 0.2) is 0 Å². The van der Waals surface area contributed by atoms with Gasteiger partial charge in [-0.05, 0) is 0 Å². The summed E-state index contributed by atoms with van der Waals surface area (Å²) in [5, 5.41) is 0. The zero-order chi connectivity index (χ0) is 10.7. The molecule has 0 atom stereocenters. The van der Waals surface area contributed by atoms with E-state index in [1.807, 2.05) is 42.0 Å². The van der Waals surface area contributed by atoms with Crippen LogP contribution in [0.2, 0.25) is 0 Å². The zero-order valence-corrected chi connectivity index (χ0v) is 8.41. The van der Waals surface area contributed by atoms with Crippen molar-refractivity contribution < 1.29 is 9.13 Å². The van der Waals surface area contributed by atoms with Crippen LogP contribution >= 0.6 is 0 Å². The molecule has 2 aromatic carbocycles. The molecular formula is C12H8FLiO. The van der Waals surface area contributed by atoms with E-state index in [0.717, 1.165) is 9.99 Å². The molecule has 2 rings (SSSR count). The topological polar surface area (TPSA) is 9.23 Å². The molecule has 0 aromatic heterocycles. The molecule has 0 heterocycles. The van der Waals surface area contributed by atoms with Gasteiger partial charge in [0.1, 0.15) is 0 Å². The van der Waals surface area contributed by atoms with Gasteiger partial charge in [0.25, 0.3) is 0 Å². The Morgan fingerprint density at radius 1 is 1.00 bits per heavy atom. The predicted molar refractivity (Wildman–Crippen MR) is 58.3 cm³/mol. The van der Waals surface area contributed by atoms with Crippen molar-refractivity contribution in [3.63, 3.8) is 0 Å². The van der Waals surface area contributed by atoms with Gasteiger partial charge in [0, 0.05) is 0 Å². The van der Waals surface area contributed by atoms with E-state index in [1.165, 1.54) is 12.1 Å². The summed E-state index contributed by atoms with van der Waals surface area (Å²) in [6, 6.07) is 13.8. The van der Waals surface area contributed by atoms with Crippen LogP contribution in [0.4, 0.5) is 4.39 Å². The summed E-state index contributed by atoms with van der Waals surface area (Å²) in [6.07, 6.45) is 0. The second-order valence-corrected chi connectivity index (χ2v) is 3.32. The monoisotopic (exact) mass is 194 g/mol. The summed E-state index contributed by atoms with van der Waals surface area (Å²) in [5.41, 5.74) is 0. The van der Waals surface area contributed by atoms with E-state index in [0.29, 0.717) is 5.75 Å². The Morgan fingerprint density at radius 2 is 1.80 bits per heavy atom. The number of hydrogen-bond donors (Lipinski definition) is 0. The first-order valence-corrected chi connectivity index (χ1v) is 4.75. The van der Waals surface area contributed by atoms with Gasteiger partial charge in [-0.15, -0.1) is 0 Å². The number of rotatable bonds is 2. The van der Waals surface area contributed by atoms with Crippen molar-refractivity contribution in [1.82, 2.24) is 0 Å². The zero-order valence-electron chi connectivity index (χ0n) is 8.41. The van der Waals surface area contributed by atoms with Crippen molar-refractivity contribution in [2.24, 2.45) is 0 Å². The van der Waals surface area contributed by atoms with Crippen molar-refractivity contribution >= 4 is 22.0 Å². The van der Waals surface area contributed by atoms with E-state index in [4.69, 9.17) is 4.74 Å². The Labute approximate surface area is 97.1 Å². The van der Waals surface area contributed by atoms with Crippen LogP contribution in [-0.4, -0.2) is 17.7 Å². The van der Waals surface area contributed by atoms with Gasteiger partial charge in [-0.3, -0.25) is 0 Å². The van der Waals surface area contributed by atoms with Crippen LogP contribution in [0.5, 0.6) is 11.5 Å². The summed E-state index contributed by atoms with van der Waals surface area (Å²) >= 11 is 1.95. The van der Waals surface area contributed by atoms with Gasteiger partial charge < -0.3 is 0 Å². The molecule has 0 bridgehead atoms. The molecule has 0 fully saturated rings. The Kier molecular flexibility index (Phi) is 3.10. The summed E-state index contributed by atoms with van der Waals surface area (Å²) in [6.45, 7) is 0. The molecule has 2 aromatic rings. The van der Waals surface area contributed by atoms with Crippen molar-refractivity contribution in [3.05, 3.63) is 54.3 Å². The van der Waals surface area contributed by atoms with E-state index in [9.17, 15) is 4.39 Å². The van der Waals surface area contributed by atoms with Crippen LogP contribution in [0, 0.1) is 5.82 Å². The molecular weight excluding hydrogens is 186 g/mol. The van der Waals surface area contributed by atoms with Gasteiger partial charge in [-0.2, -0.15) is 0 Å². The van der Waals surface area contributed by atoms with Crippen LogP contribution < -0.4 is 8.97 Å². The molecule has 3 heteroatoms. The van der Waals surface area contributed by atoms with Crippen molar-refractivity contribution in [2.75, 3.05) is 0 Å². The molecule has 0 saturated heterocycles. The Bertz CT molecular complexity index is 471. The number of ether oxygens (including phenoxy) is 1. The van der Waals surface area contributed by atoms with E-state index in [1.54, 1.807) is 12.1 Å². The minimum absolute atomic E-state index is 0.291. The Morgan fingerprint density at radius 3 is 2.53 bits per heavy atom. The molecule has 15 heavy (non-hydrogen) atoms. The van der Waals surface area contributed by atoms with Crippen LogP contribution in [0.25, 0.3) is 0 Å². The van der Waals surface area contributed by atoms with Gasteiger partial charge in [-0.25, -0.2) is 0 Å². The maximum atomic E-state index is 12.9. The maximum absolute atomic E-state index is 12.9. The van der Waals surface area contributed by atoms with Gasteiger partial charge in [-0.1, -0.05) is 0 Å². The molecule has 0 aliphatic heterocycles. The molecule has 0 spiro atoms. The van der Waals surface area contributed by atoms with E-state index in [-0.39, 0.29) is 5.82 Å². The SMILES string of the molecule is [Li][c]1ccccc1Oc1cccc(F)c1. The molecule has 0 saturated carbocycles. The molecule has 70 valence electrons. The molecule has 0 unspecified atom stereocenters. The van der Waals surface area contributed by atoms with Crippen molar-refractivity contribution in [2.45, 2.75) is 0 Å². The fourth-order valence-corrected chi connectivity index (χ4v) is 1.33. The van der Waals surface area contributed by atoms with Gasteiger partial charge in [0.05, 0.1) is 0 Å². The first-order valence-electron chi connectivity index (χ1n) is 4.75. The van der Waals surface area contributed by atoms with Crippen molar-refractivity contribution in [3.8, 4) is 11.5 Å². The number of halogens is 1. The number of hydrogen-bond acceptors (Lipinski definition) is 1. The first-order chi connectivity index (χ1) is 7.25. The van der Waals surface area contributed by atoms with Crippen LogP contribution in [-0.2, 0) is 0 Å². The van der Waals surface area contributed by atoms with Gasteiger partial charge in [0.2, 0.25) is 0 Å². The Balaban J connectivity index is 2.26. The molecule has 0 aliphatic carbocycles. The normalized spacial score (nSPS) is 10.1. The first kappa shape index (κ1) is 10.3. The van der Waals surface area contributed by atoms with Crippen molar-refractivity contribution in [1.29, 1.82) is 0 Å². The quantitative estimate of drug-likeness (QED) is 0.667. The van der Waals surface area contributed by atoms with E-state index < -0.39 is 0 Å². The summed E-state index contributed by atoms with van der Waals surface area (Å²) < 4.78 is 19.5. The minimum atomic E-state index is -0.291. The molecule has 0 N–H and O–H groups in total. The molecule has 0 amide bonds. The van der Waals surface area contributed by atoms with Gasteiger partial charge >= 0.3 is 96.9 Å². The van der Waals surface area contributed by atoms with Crippen LogP contribution in [0.3, 0.4) is 0 Å². The second kappa shape index (κ2) is 4.52. The molecule has 1 nitrogen and oxygen atoms in total. The fraction of sp³-hybridized carbons (Fsp3) is 0. The van der Waals surface area contributed by atoms with Crippen LogP contribution in [0.15, 0.2) is 48.5 Å². The Hall–Kier alpha value is -1.23. The third-order valence-electron chi connectivity index (χ3n) is 2.12. The third-order valence-corrected chi connectivity index (χ3v) is 2.12. The van der Waals surface area contributed by atoms with Crippen LogP contribution in [0.1, 0.15) is 0 Å². The van der Waals surface area contributed by atoms with E-state index >= 15 is 0 Å². The number of para-hydroxylation sites is 1. The summed E-state index contributed by atoms with van der Waals surface area (Å²) in [7, 11) is 0. The number of benzene rings is 2.